The molecule has 0 radical (unpaired) electrons. The molecule has 0 atom stereocenters. The average Bonchev–Trinajstić information content (AvgIpc) is 3.06. The molecule has 1 N–H and O–H groups in total. The third kappa shape index (κ3) is 3.46. The summed E-state index contributed by atoms with van der Waals surface area (Å²) < 4.78 is 6.53. The Labute approximate surface area is 117 Å². The van der Waals surface area contributed by atoms with Gasteiger partial charge in [-0.25, -0.2) is 0 Å². The van der Waals surface area contributed by atoms with Crippen molar-refractivity contribution in [1.29, 1.82) is 0 Å². The molecule has 1 fully saturated rings. The second-order valence-electron chi connectivity index (χ2n) is 4.97. The Morgan fingerprint density at radius 1 is 1.35 bits per heavy atom. The van der Waals surface area contributed by atoms with Crippen molar-refractivity contribution >= 4 is 17.8 Å². The molecule has 0 unspecified atom stereocenters. The molecule has 0 aromatic carbocycles. The highest BCUT2D eigenvalue weighted by Gasteiger charge is 2.24. The number of carbonyl (C=O) groups is 3. The summed E-state index contributed by atoms with van der Waals surface area (Å²) in [5.41, 5.74) is 0.375. The number of ether oxygens (including phenoxy) is 1. The van der Waals surface area contributed by atoms with E-state index in [1.165, 1.54) is 0 Å². The number of hydrogen-bond donors (Lipinski definition) is 1. The fourth-order valence-corrected chi connectivity index (χ4v) is 2.34. The lowest BCUT2D eigenvalue weighted by Crippen LogP contribution is -2.35. The maximum atomic E-state index is 11.7. The number of hydrogen-bond acceptors (Lipinski definition) is 4. The van der Waals surface area contributed by atoms with Crippen molar-refractivity contribution < 1.29 is 19.1 Å². The molecule has 1 aliphatic carbocycles. The number of aromatic nitrogens is 1. The van der Waals surface area contributed by atoms with Crippen LogP contribution >= 0.6 is 0 Å². The highest BCUT2D eigenvalue weighted by molar-refractivity contribution is 6.04. The summed E-state index contributed by atoms with van der Waals surface area (Å²) in [6.45, 7) is -0.411. The molecule has 2 amide bonds. The molecule has 0 saturated heterocycles. The first-order valence-corrected chi connectivity index (χ1v) is 6.70. The molecule has 1 saturated carbocycles. The van der Waals surface area contributed by atoms with E-state index < -0.39 is 18.4 Å². The molecule has 0 spiro atoms. The normalized spacial score (nSPS) is 15.1. The standard InChI is InChI=1S/C14H18N2O4/c1-16-8-4-7-11(16)13(18)15-12(17)9-20-14(19)10-5-2-3-6-10/h4,7-8,10H,2-3,5-6,9H2,1H3,(H,15,17,18). The average molecular weight is 278 g/mol. The minimum Gasteiger partial charge on any atom is -0.455 e. The zero-order valence-electron chi connectivity index (χ0n) is 11.4. The summed E-state index contributed by atoms with van der Waals surface area (Å²) in [6.07, 6.45) is 5.40. The van der Waals surface area contributed by atoms with Crippen LogP contribution in [0.4, 0.5) is 0 Å². The first-order chi connectivity index (χ1) is 9.58. The lowest BCUT2D eigenvalue weighted by molar-refractivity contribution is -0.152. The van der Waals surface area contributed by atoms with Gasteiger partial charge in [-0.05, 0) is 25.0 Å². The molecule has 1 aromatic rings. The number of aryl methyl sites for hydroxylation is 1. The molecule has 20 heavy (non-hydrogen) atoms. The largest absolute Gasteiger partial charge is 0.455 e. The van der Waals surface area contributed by atoms with Crippen LogP contribution < -0.4 is 5.32 Å². The van der Waals surface area contributed by atoms with Gasteiger partial charge < -0.3 is 9.30 Å². The third-order valence-electron chi connectivity index (χ3n) is 3.46. The zero-order valence-corrected chi connectivity index (χ0v) is 11.4. The number of nitrogens with zero attached hydrogens (tertiary/aromatic N) is 1. The van der Waals surface area contributed by atoms with Gasteiger partial charge in [0, 0.05) is 13.2 Å². The van der Waals surface area contributed by atoms with E-state index in [4.69, 9.17) is 4.74 Å². The monoisotopic (exact) mass is 278 g/mol. The minimum atomic E-state index is -0.609. The molecule has 1 aromatic heterocycles. The van der Waals surface area contributed by atoms with Gasteiger partial charge in [-0.3, -0.25) is 19.7 Å². The van der Waals surface area contributed by atoms with Gasteiger partial charge in [-0.1, -0.05) is 12.8 Å². The Kier molecular flexibility index (Phi) is 4.55. The van der Waals surface area contributed by atoms with Crippen molar-refractivity contribution in [3.05, 3.63) is 24.0 Å². The highest BCUT2D eigenvalue weighted by Crippen LogP contribution is 2.25. The topological polar surface area (TPSA) is 77.4 Å². The molecular formula is C14H18N2O4. The molecular weight excluding hydrogens is 260 g/mol. The van der Waals surface area contributed by atoms with Gasteiger partial charge in [-0.2, -0.15) is 0 Å². The van der Waals surface area contributed by atoms with E-state index in [-0.39, 0.29) is 11.9 Å². The van der Waals surface area contributed by atoms with Crippen LogP contribution in [0.3, 0.4) is 0 Å². The van der Waals surface area contributed by atoms with Crippen molar-refractivity contribution in [1.82, 2.24) is 9.88 Å². The molecule has 1 aliphatic rings. The van der Waals surface area contributed by atoms with Crippen LogP contribution in [-0.4, -0.2) is 29.0 Å². The fourth-order valence-electron chi connectivity index (χ4n) is 2.34. The van der Waals surface area contributed by atoms with E-state index in [2.05, 4.69) is 5.32 Å². The van der Waals surface area contributed by atoms with E-state index in [0.717, 1.165) is 25.7 Å². The zero-order chi connectivity index (χ0) is 14.5. The van der Waals surface area contributed by atoms with Crippen LogP contribution in [0.2, 0.25) is 0 Å². The summed E-state index contributed by atoms with van der Waals surface area (Å²) >= 11 is 0. The first-order valence-electron chi connectivity index (χ1n) is 6.70. The van der Waals surface area contributed by atoms with E-state index in [1.54, 1.807) is 29.9 Å². The van der Waals surface area contributed by atoms with Crippen LogP contribution in [0.15, 0.2) is 18.3 Å². The number of carbonyl (C=O) groups excluding carboxylic acids is 3. The van der Waals surface area contributed by atoms with Crippen molar-refractivity contribution in [2.45, 2.75) is 25.7 Å². The van der Waals surface area contributed by atoms with Crippen LogP contribution in [-0.2, 0) is 21.4 Å². The number of imide groups is 1. The number of amides is 2. The van der Waals surface area contributed by atoms with Gasteiger partial charge in [0.05, 0.1) is 5.92 Å². The Hall–Kier alpha value is -2.11. The van der Waals surface area contributed by atoms with Gasteiger partial charge >= 0.3 is 5.97 Å². The van der Waals surface area contributed by atoms with Crippen LogP contribution in [0.1, 0.15) is 36.2 Å². The minimum absolute atomic E-state index is 0.0913. The lowest BCUT2D eigenvalue weighted by atomic mass is 10.1. The summed E-state index contributed by atoms with van der Waals surface area (Å²) in [4.78, 5) is 34.9. The maximum Gasteiger partial charge on any atom is 0.309 e. The molecule has 108 valence electrons. The van der Waals surface area contributed by atoms with Crippen LogP contribution in [0.5, 0.6) is 0 Å². The van der Waals surface area contributed by atoms with E-state index in [0.29, 0.717) is 5.69 Å². The molecule has 0 bridgehead atoms. The van der Waals surface area contributed by atoms with Crippen molar-refractivity contribution in [2.75, 3.05) is 6.61 Å². The molecule has 2 rings (SSSR count). The number of rotatable bonds is 4. The van der Waals surface area contributed by atoms with Crippen molar-refractivity contribution in [2.24, 2.45) is 13.0 Å². The van der Waals surface area contributed by atoms with Crippen LogP contribution in [0.25, 0.3) is 0 Å². The van der Waals surface area contributed by atoms with Gasteiger partial charge in [-0.15, -0.1) is 0 Å². The second-order valence-corrected chi connectivity index (χ2v) is 4.97. The third-order valence-corrected chi connectivity index (χ3v) is 3.46. The summed E-state index contributed by atoms with van der Waals surface area (Å²) in [5.74, 6) is -1.54. The SMILES string of the molecule is Cn1cccc1C(=O)NC(=O)COC(=O)C1CCCC1. The van der Waals surface area contributed by atoms with E-state index >= 15 is 0 Å². The van der Waals surface area contributed by atoms with Gasteiger partial charge in [0.15, 0.2) is 6.61 Å². The Bertz CT molecular complexity index is 515. The van der Waals surface area contributed by atoms with E-state index in [9.17, 15) is 14.4 Å². The van der Waals surface area contributed by atoms with Crippen molar-refractivity contribution in [3.8, 4) is 0 Å². The fraction of sp³-hybridized carbons (Fsp3) is 0.500. The molecule has 6 heteroatoms. The Morgan fingerprint density at radius 3 is 2.65 bits per heavy atom. The molecule has 1 heterocycles. The quantitative estimate of drug-likeness (QED) is 0.834. The Morgan fingerprint density at radius 2 is 2.05 bits per heavy atom. The van der Waals surface area contributed by atoms with Gasteiger partial charge in [0.2, 0.25) is 0 Å². The molecule has 0 aliphatic heterocycles. The van der Waals surface area contributed by atoms with Gasteiger partial charge in [0.25, 0.3) is 11.8 Å². The highest BCUT2D eigenvalue weighted by atomic mass is 16.5. The maximum absolute atomic E-state index is 11.7. The summed E-state index contributed by atoms with van der Waals surface area (Å²) in [7, 11) is 1.71. The second kappa shape index (κ2) is 6.36. The van der Waals surface area contributed by atoms with E-state index in [1.807, 2.05) is 0 Å². The smallest absolute Gasteiger partial charge is 0.309 e. The van der Waals surface area contributed by atoms with Gasteiger partial charge in [0.1, 0.15) is 5.69 Å². The predicted octanol–water partition coefficient (Wildman–Crippen LogP) is 1.01. The first kappa shape index (κ1) is 14.3. The number of esters is 1. The summed E-state index contributed by atoms with van der Waals surface area (Å²) in [6, 6.07) is 3.31. The predicted molar refractivity (Wildman–Crippen MR) is 70.8 cm³/mol. The molecule has 6 nitrogen and oxygen atoms in total. The summed E-state index contributed by atoms with van der Waals surface area (Å²) in [5, 5.41) is 2.19. The lowest BCUT2D eigenvalue weighted by Gasteiger charge is -2.09. The van der Waals surface area contributed by atoms with Crippen molar-refractivity contribution in [3.63, 3.8) is 0 Å². The Balaban J connectivity index is 1.76. The van der Waals surface area contributed by atoms with Crippen LogP contribution in [0, 0.1) is 5.92 Å². The number of nitrogens with one attached hydrogen (secondary N) is 1.